The van der Waals surface area contributed by atoms with Gasteiger partial charge in [-0.25, -0.2) is 9.97 Å². The van der Waals surface area contributed by atoms with Gasteiger partial charge in [-0.3, -0.25) is 0 Å². The van der Waals surface area contributed by atoms with Crippen molar-refractivity contribution in [2.24, 2.45) is 11.7 Å². The molecule has 3 rings (SSSR count). The SMILES string of the molecule is NCC1CCN(c2nccc(-c3ccc(Br)o3)n2)CC1. The van der Waals surface area contributed by atoms with Gasteiger partial charge >= 0.3 is 0 Å². The Bertz CT molecular complexity index is 578. The first-order valence-corrected chi connectivity index (χ1v) is 7.59. The van der Waals surface area contributed by atoms with Gasteiger partial charge in [0.05, 0.1) is 0 Å². The summed E-state index contributed by atoms with van der Waals surface area (Å²) in [6.07, 6.45) is 4.00. The number of aromatic nitrogens is 2. The first-order chi connectivity index (χ1) is 9.76. The standard InChI is InChI=1S/C14H17BrN4O/c15-13-2-1-12(20-13)11-3-6-17-14(18-11)19-7-4-10(9-16)5-8-19/h1-3,6,10H,4-5,7-9,16H2. The van der Waals surface area contributed by atoms with Gasteiger partial charge in [-0.15, -0.1) is 0 Å². The number of halogens is 1. The third kappa shape index (κ3) is 2.86. The lowest BCUT2D eigenvalue weighted by molar-refractivity contribution is 0.411. The molecule has 0 amide bonds. The average molecular weight is 337 g/mol. The van der Waals surface area contributed by atoms with Crippen LogP contribution in [0.15, 0.2) is 33.5 Å². The maximum atomic E-state index is 5.72. The normalized spacial score (nSPS) is 16.6. The summed E-state index contributed by atoms with van der Waals surface area (Å²) in [5.74, 6) is 2.15. The molecule has 0 radical (unpaired) electrons. The van der Waals surface area contributed by atoms with E-state index in [0.717, 1.165) is 49.9 Å². The van der Waals surface area contributed by atoms with Crippen LogP contribution in [0, 0.1) is 5.92 Å². The van der Waals surface area contributed by atoms with Gasteiger partial charge in [0.25, 0.3) is 0 Å². The summed E-state index contributed by atoms with van der Waals surface area (Å²) >= 11 is 3.31. The van der Waals surface area contributed by atoms with Crippen molar-refractivity contribution in [3.05, 3.63) is 29.1 Å². The molecule has 0 spiro atoms. The summed E-state index contributed by atoms with van der Waals surface area (Å²) in [6, 6.07) is 5.63. The second-order valence-electron chi connectivity index (χ2n) is 5.01. The Morgan fingerprint density at radius 2 is 2.10 bits per heavy atom. The van der Waals surface area contributed by atoms with E-state index in [2.05, 4.69) is 30.8 Å². The van der Waals surface area contributed by atoms with E-state index in [0.29, 0.717) is 10.6 Å². The molecule has 1 fully saturated rings. The number of hydrogen-bond donors (Lipinski definition) is 1. The molecule has 2 N–H and O–H groups in total. The van der Waals surface area contributed by atoms with Crippen LogP contribution < -0.4 is 10.6 Å². The lowest BCUT2D eigenvalue weighted by Gasteiger charge is -2.31. The zero-order chi connectivity index (χ0) is 13.9. The summed E-state index contributed by atoms with van der Waals surface area (Å²) in [4.78, 5) is 11.2. The Kier molecular flexibility index (Phi) is 4.03. The summed E-state index contributed by atoms with van der Waals surface area (Å²) in [6.45, 7) is 2.70. The van der Waals surface area contributed by atoms with Crippen molar-refractivity contribution in [3.8, 4) is 11.5 Å². The molecular formula is C14H17BrN4O. The number of anilines is 1. The average Bonchev–Trinajstić information content (AvgIpc) is 2.94. The molecule has 1 saturated heterocycles. The van der Waals surface area contributed by atoms with Crippen molar-refractivity contribution in [2.75, 3.05) is 24.5 Å². The fourth-order valence-corrected chi connectivity index (χ4v) is 2.77. The van der Waals surface area contributed by atoms with Gasteiger partial charge in [0.1, 0.15) is 5.69 Å². The van der Waals surface area contributed by atoms with E-state index >= 15 is 0 Å². The van der Waals surface area contributed by atoms with E-state index in [-0.39, 0.29) is 0 Å². The second-order valence-corrected chi connectivity index (χ2v) is 5.79. The Morgan fingerprint density at radius 3 is 2.75 bits per heavy atom. The van der Waals surface area contributed by atoms with Crippen molar-refractivity contribution in [3.63, 3.8) is 0 Å². The largest absolute Gasteiger partial charge is 0.448 e. The monoisotopic (exact) mass is 336 g/mol. The number of nitrogens with zero attached hydrogens (tertiary/aromatic N) is 3. The lowest BCUT2D eigenvalue weighted by atomic mass is 9.97. The van der Waals surface area contributed by atoms with Crippen LogP contribution >= 0.6 is 15.9 Å². The molecule has 2 aromatic heterocycles. The van der Waals surface area contributed by atoms with Crippen molar-refractivity contribution < 1.29 is 4.42 Å². The number of hydrogen-bond acceptors (Lipinski definition) is 5. The molecular weight excluding hydrogens is 320 g/mol. The number of furan rings is 1. The van der Waals surface area contributed by atoms with E-state index < -0.39 is 0 Å². The Morgan fingerprint density at radius 1 is 1.30 bits per heavy atom. The van der Waals surface area contributed by atoms with Crippen molar-refractivity contribution in [2.45, 2.75) is 12.8 Å². The van der Waals surface area contributed by atoms with Crippen molar-refractivity contribution >= 4 is 21.9 Å². The summed E-state index contributed by atoms with van der Waals surface area (Å²) in [7, 11) is 0. The van der Waals surface area contributed by atoms with E-state index in [1.165, 1.54) is 0 Å². The van der Waals surface area contributed by atoms with Crippen molar-refractivity contribution in [1.82, 2.24) is 9.97 Å². The van der Waals surface area contributed by atoms with Crippen LogP contribution in [0.5, 0.6) is 0 Å². The number of rotatable bonds is 3. The summed E-state index contributed by atoms with van der Waals surface area (Å²) in [5.41, 5.74) is 6.53. The Balaban J connectivity index is 1.78. The molecule has 5 nitrogen and oxygen atoms in total. The van der Waals surface area contributed by atoms with E-state index in [1.807, 2.05) is 18.2 Å². The summed E-state index contributed by atoms with van der Waals surface area (Å²) in [5, 5.41) is 0. The van der Waals surface area contributed by atoms with Gasteiger partial charge in [0, 0.05) is 19.3 Å². The maximum Gasteiger partial charge on any atom is 0.225 e. The highest BCUT2D eigenvalue weighted by Crippen LogP contribution is 2.25. The zero-order valence-electron chi connectivity index (χ0n) is 11.1. The van der Waals surface area contributed by atoms with Crippen LogP contribution in [0.25, 0.3) is 11.5 Å². The predicted octanol–water partition coefficient (Wildman–Crippen LogP) is 2.67. The first kappa shape index (κ1) is 13.6. The highest BCUT2D eigenvalue weighted by molar-refractivity contribution is 9.10. The highest BCUT2D eigenvalue weighted by atomic mass is 79.9. The minimum Gasteiger partial charge on any atom is -0.448 e. The second kappa shape index (κ2) is 5.93. The number of nitrogens with two attached hydrogens (primary N) is 1. The van der Waals surface area contributed by atoms with Crippen LogP contribution in [0.4, 0.5) is 5.95 Å². The van der Waals surface area contributed by atoms with E-state index in [9.17, 15) is 0 Å². The molecule has 6 heteroatoms. The van der Waals surface area contributed by atoms with Gasteiger partial charge in [-0.05, 0) is 59.4 Å². The molecule has 0 aliphatic carbocycles. The molecule has 0 bridgehead atoms. The predicted molar refractivity (Wildman–Crippen MR) is 81.4 cm³/mol. The van der Waals surface area contributed by atoms with Crippen LogP contribution in [-0.2, 0) is 0 Å². The molecule has 20 heavy (non-hydrogen) atoms. The molecule has 1 aliphatic rings. The smallest absolute Gasteiger partial charge is 0.225 e. The van der Waals surface area contributed by atoms with Crippen LogP contribution in [-0.4, -0.2) is 29.6 Å². The van der Waals surface area contributed by atoms with Crippen LogP contribution in [0.3, 0.4) is 0 Å². The highest BCUT2D eigenvalue weighted by Gasteiger charge is 2.20. The lowest BCUT2D eigenvalue weighted by Crippen LogP contribution is -2.37. The molecule has 2 aromatic rings. The van der Waals surface area contributed by atoms with Crippen LogP contribution in [0.1, 0.15) is 12.8 Å². The Labute approximate surface area is 126 Å². The van der Waals surface area contributed by atoms with Gasteiger partial charge in [0.2, 0.25) is 5.95 Å². The minimum atomic E-state index is 0.635. The molecule has 0 atom stereocenters. The van der Waals surface area contributed by atoms with E-state index in [1.54, 1.807) is 6.20 Å². The minimum absolute atomic E-state index is 0.635. The maximum absolute atomic E-state index is 5.72. The molecule has 106 valence electrons. The zero-order valence-corrected chi connectivity index (χ0v) is 12.7. The third-order valence-corrected chi connectivity index (χ3v) is 4.13. The quantitative estimate of drug-likeness (QED) is 0.933. The van der Waals surface area contributed by atoms with Gasteiger partial charge in [-0.1, -0.05) is 0 Å². The van der Waals surface area contributed by atoms with Gasteiger partial charge < -0.3 is 15.1 Å². The molecule has 3 heterocycles. The van der Waals surface area contributed by atoms with Crippen LogP contribution in [0.2, 0.25) is 0 Å². The van der Waals surface area contributed by atoms with Gasteiger partial charge in [0.15, 0.2) is 10.4 Å². The topological polar surface area (TPSA) is 68.2 Å². The van der Waals surface area contributed by atoms with Gasteiger partial charge in [-0.2, -0.15) is 0 Å². The van der Waals surface area contributed by atoms with Crippen molar-refractivity contribution in [1.29, 1.82) is 0 Å². The molecule has 0 saturated carbocycles. The molecule has 0 unspecified atom stereocenters. The molecule has 1 aliphatic heterocycles. The fraction of sp³-hybridized carbons (Fsp3) is 0.429. The summed E-state index contributed by atoms with van der Waals surface area (Å²) < 4.78 is 6.24. The third-order valence-electron chi connectivity index (χ3n) is 3.70. The van der Waals surface area contributed by atoms with E-state index in [4.69, 9.17) is 10.2 Å². The Hall–Kier alpha value is -1.40. The first-order valence-electron chi connectivity index (χ1n) is 6.80. The molecule has 0 aromatic carbocycles. The number of piperidine rings is 1. The fourth-order valence-electron chi connectivity index (χ4n) is 2.46.